The normalized spacial score (nSPS) is 10.2. The first-order chi connectivity index (χ1) is 12.7. The minimum atomic E-state index is -0.271. The molecule has 0 radical (unpaired) electrons. The number of benzene rings is 2. The Balaban J connectivity index is 1.71. The number of nitrogens with one attached hydrogen (secondary N) is 2. The van der Waals surface area contributed by atoms with E-state index in [0.29, 0.717) is 28.7 Å². The number of carbonyl (C=O) groups excluding carboxylic acids is 1. The van der Waals surface area contributed by atoms with Crippen molar-refractivity contribution in [1.82, 2.24) is 4.98 Å². The molecular formula is C20H18ClN3O2. The van der Waals surface area contributed by atoms with Gasteiger partial charge in [-0.25, -0.2) is 4.98 Å². The van der Waals surface area contributed by atoms with E-state index in [1.165, 1.54) is 6.20 Å². The van der Waals surface area contributed by atoms with E-state index in [1.54, 1.807) is 30.3 Å². The maximum atomic E-state index is 12.3. The van der Waals surface area contributed by atoms with Gasteiger partial charge in [0.1, 0.15) is 11.6 Å². The molecule has 0 aliphatic carbocycles. The van der Waals surface area contributed by atoms with Crippen LogP contribution in [0.1, 0.15) is 17.3 Å². The third-order valence-electron chi connectivity index (χ3n) is 3.60. The highest BCUT2D eigenvalue weighted by Crippen LogP contribution is 2.27. The topological polar surface area (TPSA) is 63.2 Å². The van der Waals surface area contributed by atoms with E-state index in [-0.39, 0.29) is 5.91 Å². The second-order valence-corrected chi connectivity index (χ2v) is 5.83. The second kappa shape index (κ2) is 8.36. The standard InChI is InChI=1S/C20H18ClN3O2/c1-2-26-18-10-6-5-9-17(18)23-19-12-11-14(13-22-19)20(25)24-16-8-4-3-7-15(16)21/h3-13H,2H2,1H3,(H,22,23)(H,24,25). The number of hydrogen-bond acceptors (Lipinski definition) is 4. The second-order valence-electron chi connectivity index (χ2n) is 5.42. The summed E-state index contributed by atoms with van der Waals surface area (Å²) in [6.45, 7) is 2.51. The number of halogens is 1. The zero-order valence-electron chi connectivity index (χ0n) is 14.2. The van der Waals surface area contributed by atoms with Crippen molar-refractivity contribution in [2.24, 2.45) is 0 Å². The lowest BCUT2D eigenvalue weighted by Crippen LogP contribution is -2.12. The number of rotatable bonds is 6. The number of amides is 1. The number of nitrogens with zero attached hydrogens (tertiary/aromatic N) is 1. The molecule has 0 atom stereocenters. The molecule has 0 saturated heterocycles. The van der Waals surface area contributed by atoms with Gasteiger partial charge in [0.2, 0.25) is 0 Å². The number of para-hydroxylation sites is 3. The minimum Gasteiger partial charge on any atom is -0.492 e. The maximum absolute atomic E-state index is 12.3. The summed E-state index contributed by atoms with van der Waals surface area (Å²) in [4.78, 5) is 16.6. The van der Waals surface area contributed by atoms with Crippen LogP contribution < -0.4 is 15.4 Å². The fraction of sp³-hybridized carbons (Fsp3) is 0.100. The van der Waals surface area contributed by atoms with Gasteiger partial charge in [-0.05, 0) is 43.3 Å². The molecule has 0 aliphatic heterocycles. The predicted octanol–water partition coefficient (Wildman–Crippen LogP) is 5.13. The summed E-state index contributed by atoms with van der Waals surface area (Å²) >= 11 is 6.06. The Morgan fingerprint density at radius 3 is 2.46 bits per heavy atom. The van der Waals surface area contributed by atoms with E-state index < -0.39 is 0 Å². The zero-order chi connectivity index (χ0) is 18.4. The average Bonchev–Trinajstić information content (AvgIpc) is 2.66. The zero-order valence-corrected chi connectivity index (χ0v) is 15.0. The number of aromatic nitrogens is 1. The highest BCUT2D eigenvalue weighted by atomic mass is 35.5. The van der Waals surface area contributed by atoms with E-state index in [9.17, 15) is 4.79 Å². The molecule has 0 spiro atoms. The SMILES string of the molecule is CCOc1ccccc1Nc1ccc(C(=O)Nc2ccccc2Cl)cn1. The largest absolute Gasteiger partial charge is 0.492 e. The third kappa shape index (κ3) is 4.32. The molecule has 1 amide bonds. The van der Waals surface area contributed by atoms with Gasteiger partial charge in [-0.1, -0.05) is 35.9 Å². The van der Waals surface area contributed by atoms with Crippen LogP contribution in [0, 0.1) is 0 Å². The molecule has 3 aromatic rings. The lowest BCUT2D eigenvalue weighted by Gasteiger charge is -2.12. The molecule has 132 valence electrons. The Morgan fingerprint density at radius 2 is 1.77 bits per heavy atom. The number of carbonyl (C=O) groups is 1. The Hall–Kier alpha value is -3.05. The number of anilines is 3. The molecule has 0 bridgehead atoms. The lowest BCUT2D eigenvalue weighted by molar-refractivity contribution is 0.102. The number of hydrogen-bond donors (Lipinski definition) is 2. The summed E-state index contributed by atoms with van der Waals surface area (Å²) in [5.41, 5.74) is 1.82. The van der Waals surface area contributed by atoms with Crippen LogP contribution in [-0.2, 0) is 0 Å². The quantitative estimate of drug-likeness (QED) is 0.634. The Labute approximate surface area is 157 Å². The summed E-state index contributed by atoms with van der Waals surface area (Å²) in [5.74, 6) is 1.09. The van der Waals surface area contributed by atoms with Crippen LogP contribution >= 0.6 is 11.6 Å². The lowest BCUT2D eigenvalue weighted by atomic mass is 10.2. The molecule has 2 N–H and O–H groups in total. The van der Waals surface area contributed by atoms with E-state index >= 15 is 0 Å². The van der Waals surface area contributed by atoms with Gasteiger partial charge in [0.25, 0.3) is 5.91 Å². The summed E-state index contributed by atoms with van der Waals surface area (Å²) in [5, 5.41) is 6.45. The van der Waals surface area contributed by atoms with Crippen molar-refractivity contribution in [2.75, 3.05) is 17.2 Å². The third-order valence-corrected chi connectivity index (χ3v) is 3.93. The number of ether oxygens (including phenoxy) is 1. The van der Waals surface area contributed by atoms with Crippen molar-refractivity contribution in [1.29, 1.82) is 0 Å². The smallest absolute Gasteiger partial charge is 0.257 e. The molecule has 0 unspecified atom stereocenters. The molecular weight excluding hydrogens is 350 g/mol. The summed E-state index contributed by atoms with van der Waals surface area (Å²) in [7, 11) is 0. The van der Waals surface area contributed by atoms with Gasteiger partial charge in [-0.3, -0.25) is 4.79 Å². The van der Waals surface area contributed by atoms with Crippen molar-refractivity contribution in [3.8, 4) is 5.75 Å². The molecule has 26 heavy (non-hydrogen) atoms. The van der Waals surface area contributed by atoms with Gasteiger partial charge in [-0.2, -0.15) is 0 Å². The summed E-state index contributed by atoms with van der Waals surface area (Å²) in [6, 6.07) is 18.1. The predicted molar refractivity (Wildman–Crippen MR) is 105 cm³/mol. The molecule has 3 rings (SSSR count). The van der Waals surface area contributed by atoms with Crippen molar-refractivity contribution in [2.45, 2.75) is 6.92 Å². The molecule has 6 heteroatoms. The van der Waals surface area contributed by atoms with Gasteiger partial charge in [0.15, 0.2) is 0 Å². The van der Waals surface area contributed by atoms with Gasteiger partial charge < -0.3 is 15.4 Å². The van der Waals surface area contributed by atoms with Crippen LogP contribution in [0.3, 0.4) is 0 Å². The minimum absolute atomic E-state index is 0.271. The average molecular weight is 368 g/mol. The first-order valence-electron chi connectivity index (χ1n) is 8.18. The van der Waals surface area contributed by atoms with E-state index in [2.05, 4.69) is 15.6 Å². The van der Waals surface area contributed by atoms with Crippen molar-refractivity contribution in [3.05, 3.63) is 77.4 Å². The molecule has 1 heterocycles. The monoisotopic (exact) mass is 367 g/mol. The maximum Gasteiger partial charge on any atom is 0.257 e. The van der Waals surface area contributed by atoms with Gasteiger partial charge >= 0.3 is 0 Å². The van der Waals surface area contributed by atoms with Crippen LogP contribution in [0.4, 0.5) is 17.2 Å². The molecule has 0 aliphatic rings. The first-order valence-corrected chi connectivity index (χ1v) is 8.56. The van der Waals surface area contributed by atoms with Gasteiger partial charge in [0.05, 0.1) is 28.6 Å². The van der Waals surface area contributed by atoms with Crippen LogP contribution in [0.5, 0.6) is 5.75 Å². The fourth-order valence-corrected chi connectivity index (χ4v) is 2.53. The van der Waals surface area contributed by atoms with Crippen molar-refractivity contribution < 1.29 is 9.53 Å². The van der Waals surface area contributed by atoms with Crippen LogP contribution in [0.15, 0.2) is 66.9 Å². The molecule has 2 aromatic carbocycles. The Morgan fingerprint density at radius 1 is 1.04 bits per heavy atom. The van der Waals surface area contributed by atoms with E-state index in [1.807, 2.05) is 37.3 Å². The molecule has 5 nitrogen and oxygen atoms in total. The van der Waals surface area contributed by atoms with Gasteiger partial charge in [-0.15, -0.1) is 0 Å². The Kier molecular flexibility index (Phi) is 5.71. The molecule has 0 fully saturated rings. The highest BCUT2D eigenvalue weighted by molar-refractivity contribution is 6.33. The van der Waals surface area contributed by atoms with Crippen LogP contribution in [0.25, 0.3) is 0 Å². The van der Waals surface area contributed by atoms with E-state index in [0.717, 1.165) is 11.4 Å². The van der Waals surface area contributed by atoms with Gasteiger partial charge in [0, 0.05) is 6.20 Å². The highest BCUT2D eigenvalue weighted by Gasteiger charge is 2.09. The van der Waals surface area contributed by atoms with Crippen molar-refractivity contribution in [3.63, 3.8) is 0 Å². The Bertz CT molecular complexity index is 898. The fourth-order valence-electron chi connectivity index (χ4n) is 2.35. The summed E-state index contributed by atoms with van der Waals surface area (Å²) < 4.78 is 5.58. The van der Waals surface area contributed by atoms with Crippen molar-refractivity contribution >= 4 is 34.7 Å². The first kappa shape index (κ1) is 17.8. The van der Waals surface area contributed by atoms with E-state index in [4.69, 9.17) is 16.3 Å². The number of pyridine rings is 1. The molecule has 0 saturated carbocycles. The van der Waals surface area contributed by atoms with Crippen LogP contribution in [-0.4, -0.2) is 17.5 Å². The van der Waals surface area contributed by atoms with Crippen LogP contribution in [0.2, 0.25) is 5.02 Å². The molecule has 1 aromatic heterocycles. The summed E-state index contributed by atoms with van der Waals surface area (Å²) in [6.07, 6.45) is 1.51.